The third-order valence-electron chi connectivity index (χ3n) is 18.5. The molecule has 2 unspecified atom stereocenters. The summed E-state index contributed by atoms with van der Waals surface area (Å²) in [5, 5.41) is 23.3. The molecule has 504 valence electrons. The summed E-state index contributed by atoms with van der Waals surface area (Å²) in [6, 6.07) is -0.631. The first kappa shape index (κ1) is 83.3. The summed E-state index contributed by atoms with van der Waals surface area (Å²) in [6.45, 7) is 4.96. The van der Waals surface area contributed by atoms with E-state index < -0.39 is 12.1 Å². The van der Waals surface area contributed by atoms with Gasteiger partial charge < -0.3 is 20.3 Å². The minimum atomic E-state index is -0.847. The molecule has 0 saturated carbocycles. The van der Waals surface area contributed by atoms with Crippen molar-refractivity contribution in [3.05, 3.63) is 24.3 Å². The monoisotopic (exact) mass is 1200 g/mol. The maximum Gasteiger partial charge on any atom is 0.305 e. The Hall–Kier alpha value is -1.66. The van der Waals surface area contributed by atoms with Crippen LogP contribution >= 0.6 is 0 Å². The van der Waals surface area contributed by atoms with Crippen molar-refractivity contribution >= 4 is 11.9 Å². The van der Waals surface area contributed by atoms with Crippen LogP contribution < -0.4 is 5.32 Å². The quantitative estimate of drug-likeness (QED) is 0.0320. The number of hydrogen-bond acceptors (Lipinski definition) is 5. The maximum absolute atomic E-state index is 12.5. The lowest BCUT2D eigenvalue weighted by Crippen LogP contribution is -2.45. The van der Waals surface area contributed by atoms with Crippen molar-refractivity contribution in [2.24, 2.45) is 0 Å². The Kier molecular flexibility index (Phi) is 73.3. The molecule has 0 heterocycles. The predicted molar refractivity (Wildman–Crippen MR) is 375 cm³/mol. The van der Waals surface area contributed by atoms with Crippen LogP contribution in [0.15, 0.2) is 24.3 Å². The highest BCUT2D eigenvalue weighted by Crippen LogP contribution is 2.20. The largest absolute Gasteiger partial charge is 0.466 e. The molecule has 85 heavy (non-hydrogen) atoms. The maximum atomic E-state index is 12.5. The van der Waals surface area contributed by atoms with Gasteiger partial charge >= 0.3 is 5.97 Å². The van der Waals surface area contributed by atoms with Gasteiger partial charge in [-0.05, 0) is 57.8 Å². The first-order valence-electron chi connectivity index (χ1n) is 39.1. The van der Waals surface area contributed by atoms with Crippen molar-refractivity contribution in [2.75, 3.05) is 13.2 Å². The number of unbranched alkanes of at least 4 members (excludes halogenated alkanes) is 61. The fourth-order valence-corrected chi connectivity index (χ4v) is 12.5. The van der Waals surface area contributed by atoms with Gasteiger partial charge in [0.2, 0.25) is 5.91 Å². The van der Waals surface area contributed by atoms with E-state index in [1.807, 2.05) is 6.08 Å². The number of amides is 1. The molecule has 0 spiro atoms. The summed E-state index contributed by atoms with van der Waals surface area (Å²) in [4.78, 5) is 24.7. The third kappa shape index (κ3) is 71.3. The van der Waals surface area contributed by atoms with E-state index in [2.05, 4.69) is 31.3 Å². The Morgan fingerprint density at radius 2 is 0.553 bits per heavy atom. The zero-order valence-corrected chi connectivity index (χ0v) is 57.9. The molecule has 0 aliphatic heterocycles. The van der Waals surface area contributed by atoms with Crippen LogP contribution in [0.25, 0.3) is 0 Å². The summed E-state index contributed by atoms with van der Waals surface area (Å²) >= 11 is 0. The summed E-state index contributed by atoms with van der Waals surface area (Å²) in [7, 11) is 0. The molecule has 3 N–H and O–H groups in total. The van der Waals surface area contributed by atoms with Gasteiger partial charge in [0.15, 0.2) is 0 Å². The van der Waals surface area contributed by atoms with Crippen molar-refractivity contribution in [1.29, 1.82) is 0 Å². The second-order valence-electron chi connectivity index (χ2n) is 27.0. The number of nitrogens with one attached hydrogen (secondary N) is 1. The van der Waals surface area contributed by atoms with Gasteiger partial charge in [0.05, 0.1) is 25.4 Å². The number of rotatable bonds is 74. The molecule has 6 heteroatoms. The fourth-order valence-electron chi connectivity index (χ4n) is 12.5. The lowest BCUT2D eigenvalue weighted by atomic mass is 10.0. The summed E-state index contributed by atoms with van der Waals surface area (Å²) < 4.78 is 5.51. The molecular formula is C79H153NO5. The summed E-state index contributed by atoms with van der Waals surface area (Å²) in [5.41, 5.74) is 0. The van der Waals surface area contributed by atoms with E-state index in [4.69, 9.17) is 4.74 Å². The van der Waals surface area contributed by atoms with Gasteiger partial charge in [0.25, 0.3) is 0 Å². The molecule has 0 aliphatic rings. The molecule has 0 saturated heterocycles. The SMILES string of the molecule is CCCCCCCCCCCCCCCCCCCCCCCC/C=C/C(O)C(CO)NC(=O)CCCCCCCCCCCC/C=C\CCCCCCCCCCCCCCOC(=O)CCCCCCCCCCCCCCCCCCCC. The predicted octanol–water partition coefficient (Wildman–Crippen LogP) is 25.7. The van der Waals surface area contributed by atoms with E-state index >= 15 is 0 Å². The van der Waals surface area contributed by atoms with E-state index in [-0.39, 0.29) is 18.5 Å². The highest BCUT2D eigenvalue weighted by molar-refractivity contribution is 5.76. The van der Waals surface area contributed by atoms with Crippen LogP contribution in [0, 0.1) is 0 Å². The molecule has 6 nitrogen and oxygen atoms in total. The van der Waals surface area contributed by atoms with Gasteiger partial charge in [-0.15, -0.1) is 0 Å². The van der Waals surface area contributed by atoms with Gasteiger partial charge in [-0.3, -0.25) is 9.59 Å². The second-order valence-corrected chi connectivity index (χ2v) is 27.0. The van der Waals surface area contributed by atoms with Crippen LogP contribution in [-0.2, 0) is 14.3 Å². The van der Waals surface area contributed by atoms with Gasteiger partial charge in [0.1, 0.15) is 0 Å². The van der Waals surface area contributed by atoms with Crippen molar-refractivity contribution in [2.45, 2.75) is 456 Å². The van der Waals surface area contributed by atoms with Crippen molar-refractivity contribution in [3.8, 4) is 0 Å². The van der Waals surface area contributed by atoms with Gasteiger partial charge in [-0.1, -0.05) is 398 Å². The normalized spacial score (nSPS) is 12.6. The van der Waals surface area contributed by atoms with E-state index in [1.54, 1.807) is 6.08 Å². The van der Waals surface area contributed by atoms with E-state index in [0.717, 1.165) is 38.5 Å². The Morgan fingerprint density at radius 3 is 0.835 bits per heavy atom. The van der Waals surface area contributed by atoms with E-state index in [1.165, 1.54) is 379 Å². The number of hydrogen-bond donors (Lipinski definition) is 3. The number of aliphatic hydroxyl groups excluding tert-OH is 2. The van der Waals surface area contributed by atoms with Crippen LogP contribution in [0.1, 0.15) is 444 Å². The standard InChI is InChI=1S/C79H153NO5/c1-3-5-7-9-11-13-15-17-19-21-23-24-25-30-33-36-39-43-47-51-55-59-63-67-71-77(82)76(75-81)80-78(83)72-68-64-60-56-52-48-44-40-37-34-31-28-26-27-29-32-35-38-42-46-50-54-58-62-66-70-74-85-79(84)73-69-65-61-57-53-49-45-41-22-20-18-16-14-12-10-8-6-4-2/h26,28,67,71,76-77,81-82H,3-25,27,29-66,68-70,72-75H2,1-2H3,(H,80,83)/b28-26-,71-67+. The van der Waals surface area contributed by atoms with Crippen molar-refractivity contribution in [3.63, 3.8) is 0 Å². The smallest absolute Gasteiger partial charge is 0.305 e. The molecule has 0 bridgehead atoms. The van der Waals surface area contributed by atoms with Gasteiger partial charge in [0, 0.05) is 12.8 Å². The fraction of sp³-hybridized carbons (Fsp3) is 0.924. The highest BCUT2D eigenvalue weighted by Gasteiger charge is 2.18. The topological polar surface area (TPSA) is 95.9 Å². The lowest BCUT2D eigenvalue weighted by molar-refractivity contribution is -0.143. The van der Waals surface area contributed by atoms with Crippen molar-refractivity contribution in [1.82, 2.24) is 5.32 Å². The average Bonchev–Trinajstić information content (AvgIpc) is 3.51. The van der Waals surface area contributed by atoms with Crippen LogP contribution in [0.4, 0.5) is 0 Å². The molecule has 0 aromatic carbocycles. The Labute approximate surface area is 532 Å². The van der Waals surface area contributed by atoms with Crippen LogP contribution in [0.2, 0.25) is 0 Å². The molecule has 0 aromatic heterocycles. The molecule has 1 amide bonds. The van der Waals surface area contributed by atoms with E-state index in [9.17, 15) is 19.8 Å². The van der Waals surface area contributed by atoms with E-state index in [0.29, 0.717) is 19.4 Å². The van der Waals surface area contributed by atoms with Gasteiger partial charge in [-0.25, -0.2) is 0 Å². The molecule has 0 rings (SSSR count). The van der Waals surface area contributed by atoms with Crippen molar-refractivity contribution < 1.29 is 24.5 Å². The molecular weight excluding hydrogens is 1040 g/mol. The minimum absolute atomic E-state index is 0.0195. The Morgan fingerprint density at radius 1 is 0.318 bits per heavy atom. The highest BCUT2D eigenvalue weighted by atomic mass is 16.5. The van der Waals surface area contributed by atoms with Crippen LogP contribution in [0.3, 0.4) is 0 Å². The zero-order valence-electron chi connectivity index (χ0n) is 57.9. The number of esters is 1. The molecule has 0 fully saturated rings. The lowest BCUT2D eigenvalue weighted by Gasteiger charge is -2.20. The minimum Gasteiger partial charge on any atom is -0.466 e. The number of aliphatic hydroxyl groups is 2. The first-order valence-corrected chi connectivity index (χ1v) is 39.1. The molecule has 2 atom stereocenters. The first-order chi connectivity index (χ1) is 42.0. The number of carbonyl (C=O) groups is 2. The van der Waals surface area contributed by atoms with Crippen LogP contribution in [-0.4, -0.2) is 47.4 Å². The Bertz CT molecular complexity index is 1330. The molecule has 0 aromatic rings. The number of ether oxygens (including phenoxy) is 1. The summed E-state index contributed by atoms with van der Waals surface area (Å²) in [5.74, 6) is -0.0452. The molecule has 0 radical (unpaired) electrons. The third-order valence-corrected chi connectivity index (χ3v) is 18.5. The van der Waals surface area contributed by atoms with Crippen LogP contribution in [0.5, 0.6) is 0 Å². The molecule has 0 aliphatic carbocycles. The number of carbonyl (C=O) groups excluding carboxylic acids is 2. The second kappa shape index (κ2) is 74.8. The zero-order chi connectivity index (χ0) is 61.3. The average molecular weight is 1200 g/mol. The number of allylic oxidation sites excluding steroid dienone is 3. The Balaban J connectivity index is 3.40. The summed E-state index contributed by atoms with van der Waals surface area (Å²) in [6.07, 6.45) is 95.7. The van der Waals surface area contributed by atoms with Gasteiger partial charge in [-0.2, -0.15) is 0 Å².